The van der Waals surface area contributed by atoms with Crippen LogP contribution >= 0.6 is 0 Å². The average molecular weight is 418 g/mol. The lowest BCUT2D eigenvalue weighted by molar-refractivity contribution is -0.136. The average Bonchev–Trinajstić information content (AvgIpc) is 2.97. The number of rotatable bonds is 4. The van der Waals surface area contributed by atoms with Gasteiger partial charge in [-0.3, -0.25) is 19.7 Å². The summed E-state index contributed by atoms with van der Waals surface area (Å²) in [5, 5.41) is 9.55. The van der Waals surface area contributed by atoms with Crippen LogP contribution in [0.4, 0.5) is 5.69 Å². The molecule has 160 valence electrons. The second kappa shape index (κ2) is 8.15. The van der Waals surface area contributed by atoms with Crippen LogP contribution in [0, 0.1) is 0 Å². The smallest absolute Gasteiger partial charge is 0.255 e. The predicted molar refractivity (Wildman–Crippen MR) is 116 cm³/mol. The summed E-state index contributed by atoms with van der Waals surface area (Å²) >= 11 is 0. The van der Waals surface area contributed by atoms with Gasteiger partial charge in [-0.25, -0.2) is 0 Å². The summed E-state index contributed by atoms with van der Waals surface area (Å²) in [6, 6.07) is 13.8. The molecule has 7 nitrogen and oxygen atoms in total. The molecular weight excluding hydrogens is 392 g/mol. The van der Waals surface area contributed by atoms with Crippen molar-refractivity contribution in [2.24, 2.45) is 0 Å². The molecule has 0 saturated carbocycles. The Bertz CT molecular complexity index is 1050. The highest BCUT2D eigenvalue weighted by Gasteiger charge is 2.39. The SMILES string of the molecule is O=C1CCC(N2Cc3c(CNC4CCCNc5ccccc54)cccc3C2=O)C(=O)N1. The van der Waals surface area contributed by atoms with Gasteiger partial charge < -0.3 is 15.5 Å². The molecule has 1 fully saturated rings. The van der Waals surface area contributed by atoms with E-state index in [1.807, 2.05) is 24.3 Å². The van der Waals surface area contributed by atoms with Crippen LogP contribution in [0.25, 0.3) is 0 Å². The zero-order valence-electron chi connectivity index (χ0n) is 17.3. The highest BCUT2D eigenvalue weighted by atomic mass is 16.2. The van der Waals surface area contributed by atoms with Gasteiger partial charge in [0, 0.05) is 43.3 Å². The van der Waals surface area contributed by atoms with Gasteiger partial charge in [0.25, 0.3) is 5.91 Å². The number of anilines is 1. The minimum Gasteiger partial charge on any atom is -0.385 e. The lowest BCUT2D eigenvalue weighted by Crippen LogP contribution is -2.52. The monoisotopic (exact) mass is 418 g/mol. The summed E-state index contributed by atoms with van der Waals surface area (Å²) in [7, 11) is 0. The Hall–Kier alpha value is -3.19. The Morgan fingerprint density at radius 2 is 1.90 bits per heavy atom. The third-order valence-corrected chi connectivity index (χ3v) is 6.54. The van der Waals surface area contributed by atoms with Crippen LogP contribution < -0.4 is 16.0 Å². The van der Waals surface area contributed by atoms with E-state index in [1.54, 1.807) is 4.90 Å². The maximum Gasteiger partial charge on any atom is 0.255 e. The zero-order chi connectivity index (χ0) is 21.4. The molecule has 5 rings (SSSR count). The number of para-hydroxylation sites is 1. The van der Waals surface area contributed by atoms with Crippen LogP contribution in [-0.2, 0) is 22.7 Å². The quantitative estimate of drug-likeness (QED) is 0.664. The Kier molecular flexibility index (Phi) is 5.19. The van der Waals surface area contributed by atoms with Crippen LogP contribution in [0.15, 0.2) is 42.5 Å². The molecule has 3 amide bonds. The molecule has 0 spiro atoms. The first-order valence-corrected chi connectivity index (χ1v) is 10.9. The maximum absolute atomic E-state index is 13.0. The van der Waals surface area contributed by atoms with Gasteiger partial charge in [-0.15, -0.1) is 0 Å². The summed E-state index contributed by atoms with van der Waals surface area (Å²) < 4.78 is 0. The molecule has 0 aromatic heterocycles. The van der Waals surface area contributed by atoms with Gasteiger partial charge in [0.2, 0.25) is 11.8 Å². The third kappa shape index (κ3) is 3.70. The van der Waals surface area contributed by atoms with Crippen LogP contribution in [0.2, 0.25) is 0 Å². The predicted octanol–water partition coefficient (Wildman–Crippen LogP) is 2.48. The first kappa shape index (κ1) is 19.8. The van der Waals surface area contributed by atoms with E-state index in [0.717, 1.165) is 30.5 Å². The number of hydrogen-bond donors (Lipinski definition) is 3. The Morgan fingerprint density at radius 3 is 2.77 bits per heavy atom. The number of nitrogens with one attached hydrogen (secondary N) is 3. The molecule has 1 saturated heterocycles. The molecule has 2 atom stereocenters. The standard InChI is InChI=1S/C24H26N4O3/c29-22-11-10-21(23(30)27-22)28-14-18-15(5-3-7-16(18)24(28)31)13-26-20-9-4-12-25-19-8-2-1-6-17(19)20/h1-3,5-8,20-21,25-26H,4,9-14H2,(H,27,29,30). The zero-order valence-corrected chi connectivity index (χ0v) is 17.3. The highest BCUT2D eigenvalue weighted by molar-refractivity contribution is 6.05. The Balaban J connectivity index is 1.34. The number of fused-ring (bicyclic) bond motifs is 2. The largest absolute Gasteiger partial charge is 0.385 e. The molecule has 0 aliphatic carbocycles. The van der Waals surface area contributed by atoms with E-state index in [1.165, 1.54) is 11.3 Å². The fourth-order valence-electron chi connectivity index (χ4n) is 4.91. The van der Waals surface area contributed by atoms with Crippen LogP contribution in [0.5, 0.6) is 0 Å². The molecule has 3 aliphatic heterocycles. The van der Waals surface area contributed by atoms with Crippen molar-refractivity contribution in [3.8, 4) is 0 Å². The molecule has 3 N–H and O–H groups in total. The third-order valence-electron chi connectivity index (χ3n) is 6.54. The summed E-state index contributed by atoms with van der Waals surface area (Å²) in [4.78, 5) is 38.4. The van der Waals surface area contributed by atoms with Crippen molar-refractivity contribution < 1.29 is 14.4 Å². The summed E-state index contributed by atoms with van der Waals surface area (Å²) in [5.74, 6) is -0.775. The van der Waals surface area contributed by atoms with Crippen LogP contribution in [0.3, 0.4) is 0 Å². The maximum atomic E-state index is 13.0. The molecule has 0 bridgehead atoms. The molecular formula is C24H26N4O3. The van der Waals surface area contributed by atoms with E-state index in [4.69, 9.17) is 0 Å². The van der Waals surface area contributed by atoms with Crippen molar-refractivity contribution in [2.75, 3.05) is 11.9 Å². The lowest BCUT2D eigenvalue weighted by Gasteiger charge is -2.29. The van der Waals surface area contributed by atoms with Gasteiger partial charge in [0.1, 0.15) is 6.04 Å². The number of nitrogens with zero attached hydrogens (tertiary/aromatic N) is 1. The van der Waals surface area contributed by atoms with Gasteiger partial charge in [-0.1, -0.05) is 30.3 Å². The molecule has 3 aliphatic rings. The van der Waals surface area contributed by atoms with E-state index in [9.17, 15) is 14.4 Å². The molecule has 2 aromatic rings. The molecule has 3 heterocycles. The van der Waals surface area contributed by atoms with Crippen LogP contribution in [0.1, 0.15) is 58.8 Å². The summed E-state index contributed by atoms with van der Waals surface area (Å²) in [6.07, 6.45) is 2.77. The van der Waals surface area contributed by atoms with Gasteiger partial charge >= 0.3 is 0 Å². The van der Waals surface area contributed by atoms with E-state index in [2.05, 4.69) is 34.1 Å². The number of imide groups is 1. The van der Waals surface area contributed by atoms with Gasteiger partial charge in [-0.2, -0.15) is 0 Å². The highest BCUT2D eigenvalue weighted by Crippen LogP contribution is 2.32. The fourth-order valence-corrected chi connectivity index (χ4v) is 4.91. The van der Waals surface area contributed by atoms with E-state index in [-0.39, 0.29) is 30.2 Å². The topological polar surface area (TPSA) is 90.5 Å². The number of carbonyl (C=O) groups is 3. The van der Waals surface area contributed by atoms with Gasteiger partial charge in [0.05, 0.1) is 0 Å². The Morgan fingerprint density at radius 1 is 1.03 bits per heavy atom. The van der Waals surface area contributed by atoms with Crippen molar-refractivity contribution in [3.63, 3.8) is 0 Å². The van der Waals surface area contributed by atoms with Gasteiger partial charge in [-0.05, 0) is 48.1 Å². The first-order chi connectivity index (χ1) is 15.1. The molecule has 2 unspecified atom stereocenters. The van der Waals surface area contributed by atoms with Crippen molar-refractivity contribution in [1.29, 1.82) is 0 Å². The molecule has 7 heteroatoms. The fraction of sp³-hybridized carbons (Fsp3) is 0.375. The van der Waals surface area contributed by atoms with Crippen molar-refractivity contribution in [3.05, 3.63) is 64.7 Å². The first-order valence-electron chi connectivity index (χ1n) is 10.9. The number of piperidine rings is 1. The molecule has 31 heavy (non-hydrogen) atoms. The molecule has 0 radical (unpaired) electrons. The van der Waals surface area contributed by atoms with Crippen molar-refractivity contribution >= 4 is 23.4 Å². The minimum atomic E-state index is -0.585. The molecule has 2 aromatic carbocycles. The van der Waals surface area contributed by atoms with E-state index >= 15 is 0 Å². The lowest BCUT2D eigenvalue weighted by atomic mass is 9.99. The number of amides is 3. The normalized spacial score (nSPS) is 23.0. The number of benzene rings is 2. The second-order valence-electron chi connectivity index (χ2n) is 8.43. The Labute approximate surface area is 181 Å². The van der Waals surface area contributed by atoms with Gasteiger partial charge in [0.15, 0.2) is 0 Å². The number of carbonyl (C=O) groups excluding carboxylic acids is 3. The van der Waals surface area contributed by atoms with E-state index in [0.29, 0.717) is 25.1 Å². The van der Waals surface area contributed by atoms with E-state index < -0.39 is 6.04 Å². The summed E-state index contributed by atoms with van der Waals surface area (Å²) in [5.41, 5.74) is 5.16. The van der Waals surface area contributed by atoms with Crippen molar-refractivity contribution in [2.45, 2.75) is 50.9 Å². The minimum absolute atomic E-state index is 0.129. The van der Waals surface area contributed by atoms with Crippen molar-refractivity contribution in [1.82, 2.24) is 15.5 Å². The number of hydrogen-bond acceptors (Lipinski definition) is 5. The summed E-state index contributed by atoms with van der Waals surface area (Å²) in [6.45, 7) is 2.02. The second-order valence-corrected chi connectivity index (χ2v) is 8.43. The van der Waals surface area contributed by atoms with Crippen LogP contribution in [-0.4, -0.2) is 35.2 Å².